The van der Waals surface area contributed by atoms with Crippen molar-refractivity contribution in [2.75, 3.05) is 13.1 Å². The second-order valence-corrected chi connectivity index (χ2v) is 11.2. The normalized spacial score (nSPS) is 15.7. The standard InChI is InChI=1S/C28H29FN2O2S/c1-20-6-5-7-25(18-20)34(32,33)30-16-14-23(15-17-30)28-21(2)31(27-9-4-3-8-26(27)28)19-22-10-12-24(29)13-11-22/h3-13,18,23H,14-17,19H2,1-2H3. The number of hydrogen-bond acceptors (Lipinski definition) is 2. The number of rotatable bonds is 5. The van der Waals surface area contributed by atoms with E-state index in [4.69, 9.17) is 0 Å². The van der Waals surface area contributed by atoms with Gasteiger partial charge in [-0.1, -0.05) is 42.5 Å². The Morgan fingerprint density at radius 1 is 0.912 bits per heavy atom. The van der Waals surface area contributed by atoms with Gasteiger partial charge in [-0.2, -0.15) is 4.31 Å². The highest BCUT2D eigenvalue weighted by Crippen LogP contribution is 2.38. The van der Waals surface area contributed by atoms with Gasteiger partial charge in [-0.25, -0.2) is 12.8 Å². The molecule has 0 unspecified atom stereocenters. The minimum atomic E-state index is -3.48. The Bertz CT molecular complexity index is 1430. The Labute approximate surface area is 200 Å². The summed E-state index contributed by atoms with van der Waals surface area (Å²) in [6.45, 7) is 5.76. The van der Waals surface area contributed by atoms with E-state index in [2.05, 4.69) is 29.7 Å². The van der Waals surface area contributed by atoms with Gasteiger partial charge in [0, 0.05) is 36.2 Å². The van der Waals surface area contributed by atoms with Crippen LogP contribution >= 0.6 is 0 Å². The van der Waals surface area contributed by atoms with Gasteiger partial charge in [0.25, 0.3) is 0 Å². The topological polar surface area (TPSA) is 42.3 Å². The number of aryl methyl sites for hydroxylation is 1. The van der Waals surface area contributed by atoms with Crippen LogP contribution in [0.15, 0.2) is 77.7 Å². The fraction of sp³-hybridized carbons (Fsp3) is 0.286. The zero-order valence-electron chi connectivity index (χ0n) is 19.5. The van der Waals surface area contributed by atoms with Crippen LogP contribution in [0, 0.1) is 19.7 Å². The largest absolute Gasteiger partial charge is 0.340 e. The van der Waals surface area contributed by atoms with E-state index in [0.717, 1.165) is 29.5 Å². The van der Waals surface area contributed by atoms with Crippen molar-refractivity contribution in [3.05, 3.63) is 101 Å². The molecule has 1 aliphatic heterocycles. The van der Waals surface area contributed by atoms with Crippen molar-refractivity contribution in [1.82, 2.24) is 8.87 Å². The van der Waals surface area contributed by atoms with Gasteiger partial charge in [-0.3, -0.25) is 0 Å². The molecule has 4 nitrogen and oxygen atoms in total. The minimum absolute atomic E-state index is 0.231. The van der Waals surface area contributed by atoms with Crippen molar-refractivity contribution in [1.29, 1.82) is 0 Å². The van der Waals surface area contributed by atoms with Gasteiger partial charge >= 0.3 is 0 Å². The third-order valence-electron chi connectivity index (χ3n) is 7.02. The van der Waals surface area contributed by atoms with Crippen LogP contribution in [0.3, 0.4) is 0 Å². The maximum Gasteiger partial charge on any atom is 0.243 e. The molecule has 1 aromatic heterocycles. The number of para-hydroxylation sites is 1. The number of nitrogens with zero attached hydrogens (tertiary/aromatic N) is 2. The van der Waals surface area contributed by atoms with Gasteiger partial charge in [0.15, 0.2) is 0 Å². The van der Waals surface area contributed by atoms with Gasteiger partial charge in [-0.15, -0.1) is 0 Å². The van der Waals surface area contributed by atoms with E-state index >= 15 is 0 Å². The van der Waals surface area contributed by atoms with Crippen LogP contribution in [0.1, 0.15) is 41.1 Å². The average Bonchev–Trinajstić information content (AvgIpc) is 3.12. The molecule has 5 rings (SSSR count). The molecule has 176 valence electrons. The van der Waals surface area contributed by atoms with Crippen molar-refractivity contribution in [2.24, 2.45) is 0 Å². The number of benzene rings is 3. The Morgan fingerprint density at radius 3 is 2.32 bits per heavy atom. The smallest absolute Gasteiger partial charge is 0.243 e. The molecule has 0 saturated carbocycles. The molecular weight excluding hydrogens is 447 g/mol. The number of piperidine rings is 1. The molecule has 0 spiro atoms. The molecule has 3 aromatic carbocycles. The molecule has 1 aliphatic rings. The lowest BCUT2D eigenvalue weighted by Crippen LogP contribution is -2.38. The first-order valence-corrected chi connectivity index (χ1v) is 13.2. The molecule has 34 heavy (non-hydrogen) atoms. The Hall–Kier alpha value is -2.96. The molecular formula is C28H29FN2O2S. The number of fused-ring (bicyclic) bond motifs is 1. The maximum absolute atomic E-state index is 13.4. The van der Waals surface area contributed by atoms with Crippen LogP contribution in [0.5, 0.6) is 0 Å². The van der Waals surface area contributed by atoms with Crippen molar-refractivity contribution < 1.29 is 12.8 Å². The average molecular weight is 477 g/mol. The van der Waals surface area contributed by atoms with Gasteiger partial charge in [0.2, 0.25) is 10.0 Å². The summed E-state index contributed by atoms with van der Waals surface area (Å²) < 4.78 is 43.7. The van der Waals surface area contributed by atoms with Gasteiger partial charge < -0.3 is 4.57 Å². The lowest BCUT2D eigenvalue weighted by molar-refractivity contribution is 0.319. The van der Waals surface area contributed by atoms with Crippen molar-refractivity contribution in [3.63, 3.8) is 0 Å². The van der Waals surface area contributed by atoms with E-state index < -0.39 is 10.0 Å². The van der Waals surface area contributed by atoms with Crippen molar-refractivity contribution in [2.45, 2.75) is 44.0 Å². The molecule has 0 atom stereocenters. The number of aromatic nitrogens is 1. The van der Waals surface area contributed by atoms with Crippen LogP contribution < -0.4 is 0 Å². The molecule has 0 aliphatic carbocycles. The highest BCUT2D eigenvalue weighted by atomic mass is 32.2. The fourth-order valence-electron chi connectivity index (χ4n) is 5.26. The highest BCUT2D eigenvalue weighted by molar-refractivity contribution is 7.89. The van der Waals surface area contributed by atoms with E-state index in [0.29, 0.717) is 30.4 Å². The predicted octanol–water partition coefficient (Wildman–Crippen LogP) is 6.01. The van der Waals surface area contributed by atoms with Crippen LogP contribution in [0.25, 0.3) is 10.9 Å². The summed E-state index contributed by atoms with van der Waals surface area (Å²) in [5, 5.41) is 1.22. The van der Waals surface area contributed by atoms with Crippen LogP contribution in [-0.4, -0.2) is 30.4 Å². The number of sulfonamides is 1. The summed E-state index contributed by atoms with van der Waals surface area (Å²) in [5.74, 6) is 0.0641. The molecule has 4 aromatic rings. The first-order valence-electron chi connectivity index (χ1n) is 11.7. The Kier molecular flexibility index (Phi) is 6.04. The predicted molar refractivity (Wildman–Crippen MR) is 134 cm³/mol. The summed E-state index contributed by atoms with van der Waals surface area (Å²) in [4.78, 5) is 0.373. The van der Waals surface area contributed by atoms with Crippen LogP contribution in [-0.2, 0) is 16.6 Å². The number of halogens is 1. The number of hydrogen-bond donors (Lipinski definition) is 0. The summed E-state index contributed by atoms with van der Waals surface area (Å²) in [7, 11) is -3.48. The van der Waals surface area contributed by atoms with Gasteiger partial charge in [-0.05, 0) is 79.6 Å². The maximum atomic E-state index is 13.4. The summed E-state index contributed by atoms with van der Waals surface area (Å²) >= 11 is 0. The SMILES string of the molecule is Cc1cccc(S(=O)(=O)N2CCC(c3c(C)n(Cc4ccc(F)cc4)c4ccccc34)CC2)c1. The quantitative estimate of drug-likeness (QED) is 0.354. The third-order valence-corrected chi connectivity index (χ3v) is 8.92. The van der Waals surface area contributed by atoms with Crippen molar-refractivity contribution in [3.8, 4) is 0 Å². The van der Waals surface area contributed by atoms with Gasteiger partial charge in [0.05, 0.1) is 4.90 Å². The monoisotopic (exact) mass is 476 g/mol. The van der Waals surface area contributed by atoms with Crippen LogP contribution in [0.4, 0.5) is 4.39 Å². The minimum Gasteiger partial charge on any atom is -0.340 e. The molecule has 6 heteroatoms. The fourth-order valence-corrected chi connectivity index (χ4v) is 6.83. The van der Waals surface area contributed by atoms with Crippen LogP contribution in [0.2, 0.25) is 0 Å². The zero-order valence-corrected chi connectivity index (χ0v) is 20.4. The molecule has 2 heterocycles. The van der Waals surface area contributed by atoms with E-state index in [1.54, 1.807) is 22.5 Å². The zero-order chi connectivity index (χ0) is 23.9. The van der Waals surface area contributed by atoms with Crippen molar-refractivity contribution >= 4 is 20.9 Å². The molecule has 0 bridgehead atoms. The summed E-state index contributed by atoms with van der Waals surface area (Å²) in [6.07, 6.45) is 1.58. The first kappa shape index (κ1) is 22.8. The lowest BCUT2D eigenvalue weighted by atomic mass is 9.88. The molecule has 0 N–H and O–H groups in total. The third kappa shape index (κ3) is 4.17. The second kappa shape index (κ2) is 9.01. The van der Waals surface area contributed by atoms with E-state index in [1.807, 2.05) is 31.2 Å². The molecule has 1 saturated heterocycles. The van der Waals surface area contributed by atoms with E-state index in [-0.39, 0.29) is 5.82 Å². The summed E-state index contributed by atoms with van der Waals surface area (Å²) in [5.41, 5.74) is 5.67. The lowest BCUT2D eigenvalue weighted by Gasteiger charge is -2.31. The first-order chi connectivity index (χ1) is 16.3. The van der Waals surface area contributed by atoms with E-state index in [9.17, 15) is 12.8 Å². The molecule has 1 fully saturated rings. The second-order valence-electron chi connectivity index (χ2n) is 9.22. The van der Waals surface area contributed by atoms with Gasteiger partial charge in [0.1, 0.15) is 5.82 Å². The Balaban J connectivity index is 1.42. The molecule has 0 radical (unpaired) electrons. The summed E-state index contributed by atoms with van der Waals surface area (Å²) in [6, 6.07) is 22.2. The highest BCUT2D eigenvalue weighted by Gasteiger charge is 2.32. The Morgan fingerprint density at radius 2 is 1.62 bits per heavy atom. The van der Waals surface area contributed by atoms with E-state index in [1.165, 1.54) is 28.8 Å². The molecule has 0 amide bonds.